The molecule has 0 spiro atoms. The Morgan fingerprint density at radius 2 is 2.23 bits per heavy atom. The van der Waals surface area contributed by atoms with Gasteiger partial charge >= 0.3 is 5.69 Å². The molecule has 122 valence electrons. The largest absolute Gasteiger partial charge is 0.378 e. The lowest BCUT2D eigenvalue weighted by Crippen LogP contribution is -2.62. The lowest BCUT2D eigenvalue weighted by Gasteiger charge is -2.54. The molecular formula is C14H22N4O4. The van der Waals surface area contributed by atoms with Crippen molar-refractivity contribution in [2.75, 3.05) is 13.7 Å². The van der Waals surface area contributed by atoms with E-state index in [1.54, 1.807) is 7.05 Å². The Hall–Kier alpha value is -1.96. The number of nitrogens with one attached hydrogen (secondary N) is 1. The number of aromatic amines is 1. The van der Waals surface area contributed by atoms with Crippen LogP contribution in [0.1, 0.15) is 43.4 Å². The van der Waals surface area contributed by atoms with Crippen molar-refractivity contribution in [1.82, 2.24) is 15.1 Å². The predicted octanol–water partition coefficient (Wildman–Crippen LogP) is 1.90. The minimum absolute atomic E-state index is 0.0341. The molecule has 1 aliphatic carbocycles. The topological polar surface area (TPSA) is 101 Å². The number of H-pyrrole nitrogens is 1. The molecule has 1 aromatic heterocycles. The summed E-state index contributed by atoms with van der Waals surface area (Å²) in [6.45, 7) is 8.17. The monoisotopic (exact) mass is 310 g/mol. The van der Waals surface area contributed by atoms with Gasteiger partial charge in [0.1, 0.15) is 5.69 Å². The van der Waals surface area contributed by atoms with E-state index in [-0.39, 0.29) is 34.6 Å². The normalized spacial score (nSPS) is 23.0. The van der Waals surface area contributed by atoms with Crippen molar-refractivity contribution in [2.45, 2.75) is 46.3 Å². The number of nitrogens with zero attached hydrogens (tertiary/aromatic N) is 3. The van der Waals surface area contributed by atoms with Gasteiger partial charge in [-0.25, -0.2) is 0 Å². The Morgan fingerprint density at radius 3 is 2.73 bits per heavy atom. The molecule has 1 amide bonds. The predicted molar refractivity (Wildman–Crippen MR) is 79.7 cm³/mol. The first kappa shape index (κ1) is 16.4. The van der Waals surface area contributed by atoms with E-state index >= 15 is 0 Å². The summed E-state index contributed by atoms with van der Waals surface area (Å²) in [5.41, 5.74) is -0.307. The average molecular weight is 310 g/mol. The van der Waals surface area contributed by atoms with E-state index < -0.39 is 10.8 Å². The summed E-state index contributed by atoms with van der Waals surface area (Å²) >= 11 is 0. The van der Waals surface area contributed by atoms with E-state index in [0.717, 1.165) is 6.42 Å². The van der Waals surface area contributed by atoms with Crippen LogP contribution in [0.25, 0.3) is 0 Å². The third-order valence-corrected chi connectivity index (χ3v) is 4.58. The molecule has 8 nitrogen and oxygen atoms in total. The van der Waals surface area contributed by atoms with Crippen LogP contribution in [-0.4, -0.2) is 51.7 Å². The molecule has 1 heterocycles. The first-order valence-corrected chi connectivity index (χ1v) is 7.29. The number of aromatic nitrogens is 2. The highest BCUT2D eigenvalue weighted by Crippen LogP contribution is 2.45. The first-order chi connectivity index (χ1) is 10.2. The van der Waals surface area contributed by atoms with Crippen LogP contribution in [0.5, 0.6) is 0 Å². The molecule has 1 aliphatic rings. The van der Waals surface area contributed by atoms with Gasteiger partial charge in [0, 0.05) is 25.1 Å². The number of carbonyl (C=O) groups is 1. The van der Waals surface area contributed by atoms with E-state index in [0.29, 0.717) is 6.61 Å². The molecule has 0 radical (unpaired) electrons. The number of hydrogen-bond acceptors (Lipinski definition) is 5. The summed E-state index contributed by atoms with van der Waals surface area (Å²) in [7, 11) is 1.66. The van der Waals surface area contributed by atoms with E-state index in [2.05, 4.69) is 10.2 Å². The Kier molecular flexibility index (Phi) is 4.23. The lowest BCUT2D eigenvalue weighted by molar-refractivity contribution is -0.385. The van der Waals surface area contributed by atoms with Gasteiger partial charge in [0.15, 0.2) is 0 Å². The molecule has 22 heavy (non-hydrogen) atoms. The van der Waals surface area contributed by atoms with E-state index in [4.69, 9.17) is 4.74 Å². The van der Waals surface area contributed by atoms with Crippen LogP contribution in [-0.2, 0) is 4.74 Å². The van der Waals surface area contributed by atoms with Gasteiger partial charge in [0.25, 0.3) is 5.91 Å². The molecule has 0 saturated heterocycles. The van der Waals surface area contributed by atoms with E-state index in [1.165, 1.54) is 11.8 Å². The van der Waals surface area contributed by atoms with Crippen LogP contribution in [0.4, 0.5) is 5.69 Å². The smallest absolute Gasteiger partial charge is 0.322 e. The summed E-state index contributed by atoms with van der Waals surface area (Å²) < 4.78 is 5.66. The zero-order chi connectivity index (χ0) is 16.7. The van der Waals surface area contributed by atoms with Gasteiger partial charge in [-0.3, -0.25) is 20.0 Å². The van der Waals surface area contributed by atoms with Gasteiger partial charge in [-0.15, -0.1) is 0 Å². The van der Waals surface area contributed by atoms with Gasteiger partial charge in [-0.1, -0.05) is 13.8 Å². The number of ether oxygens (including phenoxy) is 1. The highest BCUT2D eigenvalue weighted by molar-refractivity contribution is 5.96. The molecule has 0 aliphatic heterocycles. The molecule has 1 N–H and O–H groups in total. The molecule has 2 rings (SSSR count). The molecule has 2 unspecified atom stereocenters. The van der Waals surface area contributed by atoms with Crippen molar-refractivity contribution in [3.05, 3.63) is 21.5 Å². The summed E-state index contributed by atoms with van der Waals surface area (Å²) in [5.74, 6) is -0.441. The summed E-state index contributed by atoms with van der Waals surface area (Å²) in [5, 5.41) is 17.4. The highest BCUT2D eigenvalue weighted by atomic mass is 16.6. The first-order valence-electron chi connectivity index (χ1n) is 7.29. The van der Waals surface area contributed by atoms with Gasteiger partial charge in [0.05, 0.1) is 11.0 Å². The van der Waals surface area contributed by atoms with Gasteiger partial charge < -0.3 is 9.64 Å². The molecule has 8 heteroatoms. The third kappa shape index (κ3) is 2.47. The minimum atomic E-state index is -0.575. The molecule has 0 aromatic carbocycles. The Labute approximate surface area is 129 Å². The van der Waals surface area contributed by atoms with Crippen LogP contribution in [0, 0.1) is 22.5 Å². The second kappa shape index (κ2) is 5.68. The Morgan fingerprint density at radius 1 is 1.59 bits per heavy atom. The van der Waals surface area contributed by atoms with Crippen LogP contribution >= 0.6 is 0 Å². The fourth-order valence-corrected chi connectivity index (χ4v) is 3.11. The third-order valence-electron chi connectivity index (χ3n) is 4.58. The molecule has 1 aromatic rings. The molecule has 2 atom stereocenters. The molecule has 1 saturated carbocycles. The van der Waals surface area contributed by atoms with Gasteiger partial charge in [-0.05, 0) is 20.3 Å². The van der Waals surface area contributed by atoms with Crippen molar-refractivity contribution < 1.29 is 14.5 Å². The quantitative estimate of drug-likeness (QED) is 0.661. The van der Waals surface area contributed by atoms with Crippen LogP contribution < -0.4 is 0 Å². The maximum atomic E-state index is 12.6. The number of nitro groups is 1. The second-order valence-electron chi connectivity index (χ2n) is 6.24. The van der Waals surface area contributed by atoms with Gasteiger partial charge in [0.2, 0.25) is 5.69 Å². The number of hydrogen-bond donors (Lipinski definition) is 1. The van der Waals surface area contributed by atoms with Gasteiger partial charge in [-0.2, -0.15) is 5.10 Å². The Balaban J connectivity index is 2.20. The summed E-state index contributed by atoms with van der Waals surface area (Å²) in [4.78, 5) is 24.6. The fraction of sp³-hybridized carbons (Fsp3) is 0.714. The SMILES string of the molecule is CCOC1CC(N(C)C(=O)c2n[nH]c(C)c2[N+](=O)[O-])C1(C)C. The zero-order valence-corrected chi connectivity index (χ0v) is 13.5. The van der Waals surface area contributed by atoms with E-state index in [9.17, 15) is 14.9 Å². The number of aryl methyl sites for hydroxylation is 1. The number of carbonyl (C=O) groups excluding carboxylic acids is 1. The number of rotatable bonds is 5. The Bertz CT molecular complexity index is 596. The van der Waals surface area contributed by atoms with Crippen molar-refractivity contribution >= 4 is 11.6 Å². The zero-order valence-electron chi connectivity index (χ0n) is 13.5. The fourth-order valence-electron chi connectivity index (χ4n) is 3.11. The van der Waals surface area contributed by atoms with E-state index in [1.807, 2.05) is 20.8 Å². The van der Waals surface area contributed by atoms with Crippen molar-refractivity contribution in [3.63, 3.8) is 0 Å². The average Bonchev–Trinajstić information content (AvgIpc) is 2.83. The van der Waals surface area contributed by atoms with Crippen LogP contribution in [0.3, 0.4) is 0 Å². The van der Waals surface area contributed by atoms with Crippen molar-refractivity contribution in [3.8, 4) is 0 Å². The minimum Gasteiger partial charge on any atom is -0.378 e. The second-order valence-corrected chi connectivity index (χ2v) is 6.24. The lowest BCUT2D eigenvalue weighted by atomic mass is 9.63. The maximum absolute atomic E-state index is 12.6. The standard InChI is InChI=1S/C14H22N4O4/c1-6-22-10-7-9(14(10,3)4)17(5)13(19)11-12(18(20)21)8(2)15-16-11/h9-10H,6-7H2,1-5H3,(H,15,16). The van der Waals surface area contributed by atoms with Crippen LogP contribution in [0.2, 0.25) is 0 Å². The van der Waals surface area contributed by atoms with Crippen molar-refractivity contribution in [2.24, 2.45) is 5.41 Å². The summed E-state index contributed by atoms with van der Waals surface area (Å²) in [6.07, 6.45) is 0.814. The summed E-state index contributed by atoms with van der Waals surface area (Å²) in [6, 6.07) is -0.0341. The molecular weight excluding hydrogens is 288 g/mol. The van der Waals surface area contributed by atoms with Crippen LogP contribution in [0.15, 0.2) is 0 Å². The highest BCUT2D eigenvalue weighted by Gasteiger charge is 2.52. The van der Waals surface area contributed by atoms with Crippen molar-refractivity contribution in [1.29, 1.82) is 0 Å². The molecule has 0 bridgehead atoms. The molecule has 1 fully saturated rings. The maximum Gasteiger partial charge on any atom is 0.322 e. The number of amides is 1.